The van der Waals surface area contributed by atoms with E-state index in [0.29, 0.717) is 0 Å². The maximum absolute atomic E-state index is 11.3. The normalized spacial score (nSPS) is 13.1. The number of hydrogen-bond donors (Lipinski definition) is 1. The second-order valence-electron chi connectivity index (χ2n) is 3.71. The van der Waals surface area contributed by atoms with Crippen LogP contribution >= 0.6 is 0 Å². The maximum Gasteiger partial charge on any atom is 0.223 e. The Balaban J connectivity index is 3.61. The second-order valence-corrected chi connectivity index (χ2v) is 3.71. The van der Waals surface area contributed by atoms with Gasteiger partial charge in [0.05, 0.1) is 0 Å². The molecule has 0 fully saturated rings. The van der Waals surface area contributed by atoms with Crippen LogP contribution in [-0.2, 0) is 4.79 Å². The summed E-state index contributed by atoms with van der Waals surface area (Å²) < 4.78 is 0. The van der Waals surface area contributed by atoms with E-state index in [1.165, 1.54) is 6.42 Å². The van der Waals surface area contributed by atoms with Crippen molar-refractivity contribution in [3.63, 3.8) is 0 Å². The van der Waals surface area contributed by atoms with E-state index in [2.05, 4.69) is 12.2 Å². The van der Waals surface area contributed by atoms with Crippen molar-refractivity contribution < 1.29 is 4.79 Å². The van der Waals surface area contributed by atoms with E-state index in [9.17, 15) is 4.79 Å². The lowest BCUT2D eigenvalue weighted by Crippen LogP contribution is -2.34. The van der Waals surface area contributed by atoms with Crippen LogP contribution in [0.15, 0.2) is 0 Å². The lowest BCUT2D eigenvalue weighted by molar-refractivity contribution is -0.125. The van der Waals surface area contributed by atoms with Crippen LogP contribution < -0.4 is 5.32 Å². The summed E-state index contributed by atoms with van der Waals surface area (Å²) in [5.74, 6) is 0.366. The van der Waals surface area contributed by atoms with Gasteiger partial charge in [-0.2, -0.15) is 0 Å². The number of carbonyl (C=O) groups excluding carboxylic acids is 1. The first-order valence-corrected chi connectivity index (χ1v) is 4.88. The highest BCUT2D eigenvalue weighted by atomic mass is 16.1. The molecule has 0 saturated heterocycles. The summed E-state index contributed by atoms with van der Waals surface area (Å²) in [6, 6.07) is 0.265. The first-order valence-electron chi connectivity index (χ1n) is 4.88. The van der Waals surface area contributed by atoms with Gasteiger partial charge >= 0.3 is 0 Å². The highest BCUT2D eigenvalue weighted by Crippen LogP contribution is 2.07. The van der Waals surface area contributed by atoms with Crippen molar-refractivity contribution in [3.8, 4) is 0 Å². The summed E-state index contributed by atoms with van der Waals surface area (Å²) in [6.45, 7) is 8.12. The van der Waals surface area contributed by atoms with Crippen LogP contribution in [0.5, 0.6) is 0 Å². The molecular formula is C10H21NO. The first-order chi connectivity index (χ1) is 5.57. The van der Waals surface area contributed by atoms with Crippen molar-refractivity contribution >= 4 is 5.91 Å². The minimum atomic E-state index is 0.173. The minimum Gasteiger partial charge on any atom is -0.354 e. The molecule has 0 aliphatic heterocycles. The topological polar surface area (TPSA) is 29.1 Å². The highest BCUT2D eigenvalue weighted by Gasteiger charge is 2.11. The molecule has 0 aliphatic carbocycles. The van der Waals surface area contributed by atoms with Gasteiger partial charge in [0.2, 0.25) is 5.91 Å². The van der Waals surface area contributed by atoms with Crippen molar-refractivity contribution in [3.05, 3.63) is 0 Å². The van der Waals surface area contributed by atoms with E-state index < -0.39 is 0 Å². The first kappa shape index (κ1) is 11.5. The summed E-state index contributed by atoms with van der Waals surface area (Å²) in [5.41, 5.74) is 0. The molecule has 0 heterocycles. The van der Waals surface area contributed by atoms with E-state index >= 15 is 0 Å². The molecule has 2 nitrogen and oxygen atoms in total. The Morgan fingerprint density at radius 3 is 2.33 bits per heavy atom. The van der Waals surface area contributed by atoms with Gasteiger partial charge in [0.25, 0.3) is 0 Å². The molecule has 1 N–H and O–H groups in total. The Labute approximate surface area is 75.7 Å². The molecule has 0 aromatic heterocycles. The summed E-state index contributed by atoms with van der Waals surface area (Å²) >= 11 is 0. The van der Waals surface area contributed by atoms with E-state index in [1.54, 1.807) is 0 Å². The van der Waals surface area contributed by atoms with Crippen LogP contribution in [-0.4, -0.2) is 11.9 Å². The average molecular weight is 171 g/mol. The van der Waals surface area contributed by atoms with Crippen LogP contribution in [0.1, 0.15) is 47.0 Å². The van der Waals surface area contributed by atoms with Crippen molar-refractivity contribution in [2.24, 2.45) is 5.92 Å². The van der Waals surface area contributed by atoms with Gasteiger partial charge in [-0.1, -0.05) is 26.7 Å². The third-order valence-electron chi connectivity index (χ3n) is 1.87. The fraction of sp³-hybridized carbons (Fsp3) is 0.900. The third-order valence-corrected chi connectivity index (χ3v) is 1.87. The predicted octanol–water partition coefficient (Wildman–Crippen LogP) is 2.34. The molecule has 0 rings (SSSR count). The summed E-state index contributed by atoms with van der Waals surface area (Å²) in [4.78, 5) is 11.3. The predicted molar refractivity (Wildman–Crippen MR) is 52.0 cm³/mol. The second kappa shape index (κ2) is 6.04. The monoisotopic (exact) mass is 171 g/mol. The zero-order valence-electron chi connectivity index (χ0n) is 8.68. The molecule has 2 heteroatoms. The fourth-order valence-electron chi connectivity index (χ4n) is 1.07. The number of amides is 1. The third kappa shape index (κ3) is 5.16. The standard InChI is InChI=1S/C10H21NO/c1-5-6-7-9(4)10(12)11-8(2)3/h8-9H,5-7H2,1-4H3,(H,11,12). The van der Waals surface area contributed by atoms with Gasteiger partial charge in [-0.15, -0.1) is 0 Å². The van der Waals surface area contributed by atoms with Crippen LogP contribution in [0.2, 0.25) is 0 Å². The molecule has 1 amide bonds. The van der Waals surface area contributed by atoms with E-state index in [0.717, 1.165) is 12.8 Å². The Morgan fingerprint density at radius 1 is 1.33 bits per heavy atom. The molecule has 12 heavy (non-hydrogen) atoms. The van der Waals surface area contributed by atoms with E-state index in [-0.39, 0.29) is 17.9 Å². The van der Waals surface area contributed by atoms with Crippen LogP contribution in [0.4, 0.5) is 0 Å². The van der Waals surface area contributed by atoms with Crippen LogP contribution in [0, 0.1) is 5.92 Å². The average Bonchev–Trinajstić information content (AvgIpc) is 1.98. The van der Waals surface area contributed by atoms with Crippen molar-refractivity contribution in [2.75, 3.05) is 0 Å². The zero-order chi connectivity index (χ0) is 9.56. The molecule has 0 aromatic carbocycles. The number of hydrogen-bond acceptors (Lipinski definition) is 1. The Bertz CT molecular complexity index is 132. The Hall–Kier alpha value is -0.530. The molecule has 0 radical (unpaired) electrons. The van der Waals surface area contributed by atoms with Gasteiger partial charge < -0.3 is 5.32 Å². The molecule has 0 spiro atoms. The lowest BCUT2D eigenvalue weighted by atomic mass is 10.0. The molecule has 72 valence electrons. The number of nitrogens with one attached hydrogen (secondary N) is 1. The van der Waals surface area contributed by atoms with Gasteiger partial charge in [0, 0.05) is 12.0 Å². The molecule has 0 saturated carbocycles. The lowest BCUT2D eigenvalue weighted by Gasteiger charge is -2.13. The maximum atomic E-state index is 11.3. The largest absolute Gasteiger partial charge is 0.354 e. The van der Waals surface area contributed by atoms with Crippen molar-refractivity contribution in [2.45, 2.75) is 53.0 Å². The van der Waals surface area contributed by atoms with Crippen molar-refractivity contribution in [1.29, 1.82) is 0 Å². The Kier molecular flexibility index (Phi) is 5.77. The molecule has 0 bridgehead atoms. The molecule has 0 aromatic rings. The fourth-order valence-corrected chi connectivity index (χ4v) is 1.07. The highest BCUT2D eigenvalue weighted by molar-refractivity contribution is 5.78. The molecule has 1 atom stereocenters. The summed E-state index contributed by atoms with van der Waals surface area (Å²) in [6.07, 6.45) is 3.32. The van der Waals surface area contributed by atoms with E-state index in [1.807, 2.05) is 20.8 Å². The van der Waals surface area contributed by atoms with Crippen molar-refractivity contribution in [1.82, 2.24) is 5.32 Å². The van der Waals surface area contributed by atoms with Gasteiger partial charge in [0.1, 0.15) is 0 Å². The molecule has 0 aliphatic rings. The van der Waals surface area contributed by atoms with Crippen LogP contribution in [0.3, 0.4) is 0 Å². The molecular weight excluding hydrogens is 150 g/mol. The van der Waals surface area contributed by atoms with E-state index in [4.69, 9.17) is 0 Å². The quantitative estimate of drug-likeness (QED) is 0.676. The number of carbonyl (C=O) groups is 1. The van der Waals surface area contributed by atoms with Gasteiger partial charge in [-0.25, -0.2) is 0 Å². The minimum absolute atomic E-state index is 0.173. The zero-order valence-corrected chi connectivity index (χ0v) is 8.68. The SMILES string of the molecule is CCCCC(C)C(=O)NC(C)C. The van der Waals surface area contributed by atoms with Gasteiger partial charge in [-0.3, -0.25) is 4.79 Å². The number of rotatable bonds is 5. The summed E-state index contributed by atoms with van der Waals surface area (Å²) in [7, 11) is 0. The van der Waals surface area contributed by atoms with Crippen LogP contribution in [0.25, 0.3) is 0 Å². The molecule has 1 unspecified atom stereocenters. The summed E-state index contributed by atoms with van der Waals surface area (Å²) in [5, 5.41) is 2.91. The van der Waals surface area contributed by atoms with Gasteiger partial charge in [0.15, 0.2) is 0 Å². The van der Waals surface area contributed by atoms with Gasteiger partial charge in [-0.05, 0) is 20.3 Å². The Morgan fingerprint density at radius 2 is 1.92 bits per heavy atom. The number of unbranched alkanes of at least 4 members (excludes halogenated alkanes) is 1. The smallest absolute Gasteiger partial charge is 0.223 e.